The molecule has 0 saturated carbocycles. The van der Waals surface area contributed by atoms with E-state index in [1.807, 2.05) is 74.6 Å². The highest BCUT2D eigenvalue weighted by molar-refractivity contribution is 6.30. The van der Waals surface area contributed by atoms with E-state index in [0.717, 1.165) is 40.7 Å². The molecule has 1 fully saturated rings. The number of aromatic nitrogens is 1. The number of urea groups is 1. The number of phenols is 1. The lowest BCUT2D eigenvalue weighted by atomic mass is 9.88. The highest BCUT2D eigenvalue weighted by Crippen LogP contribution is 2.35. The Morgan fingerprint density at radius 3 is 2.57 bits per heavy atom. The van der Waals surface area contributed by atoms with Gasteiger partial charge in [0.2, 0.25) is 5.91 Å². The molecule has 9 nitrogen and oxygen atoms in total. The third kappa shape index (κ3) is 6.95. The molecule has 46 heavy (non-hydrogen) atoms. The summed E-state index contributed by atoms with van der Waals surface area (Å²) in [5.74, 6) is 0.651. The second-order valence-electron chi connectivity index (χ2n) is 12.9. The number of phenolic OH excluding ortho intramolecular Hbond substituents is 1. The Balaban J connectivity index is 1.24. The van der Waals surface area contributed by atoms with Crippen molar-refractivity contribution in [3.63, 3.8) is 0 Å². The summed E-state index contributed by atoms with van der Waals surface area (Å²) in [7, 11) is 4.08. The molecule has 2 aliphatic heterocycles. The molecule has 242 valence electrons. The van der Waals surface area contributed by atoms with Crippen LogP contribution in [0.2, 0.25) is 5.02 Å². The lowest BCUT2D eigenvalue weighted by Crippen LogP contribution is -2.57. The number of nitrogens with zero attached hydrogens (tertiary/aromatic N) is 3. The molecule has 6 rings (SSSR count). The number of amides is 3. The SMILES string of the molecule is CC(c1c[nH]c2ccccc12)C(NC(=O)N1CCC(Oc2ccc(O)cc2)CC1)C(=O)N1C[C@@H](CN(C)C)Cc2cc(Cl)ccc21. The van der Waals surface area contributed by atoms with Crippen LogP contribution in [0.3, 0.4) is 0 Å². The first-order chi connectivity index (χ1) is 22.2. The number of carbonyl (C=O) groups is 2. The second-order valence-corrected chi connectivity index (χ2v) is 13.3. The lowest BCUT2D eigenvalue weighted by molar-refractivity contribution is -0.121. The number of hydrogen-bond acceptors (Lipinski definition) is 5. The Kier molecular flexibility index (Phi) is 9.42. The Labute approximate surface area is 275 Å². The number of fused-ring (bicyclic) bond motifs is 2. The van der Waals surface area contributed by atoms with E-state index >= 15 is 0 Å². The van der Waals surface area contributed by atoms with Crippen LogP contribution in [0.4, 0.5) is 10.5 Å². The third-order valence-corrected chi connectivity index (χ3v) is 9.43. The first-order valence-corrected chi connectivity index (χ1v) is 16.4. The minimum Gasteiger partial charge on any atom is -0.508 e. The fraction of sp³-hybridized carbons (Fsp3) is 0.389. The molecule has 3 heterocycles. The fourth-order valence-electron chi connectivity index (χ4n) is 6.90. The number of para-hydroxylation sites is 1. The predicted molar refractivity (Wildman–Crippen MR) is 182 cm³/mol. The maximum Gasteiger partial charge on any atom is 0.318 e. The molecule has 4 aromatic rings. The number of piperidine rings is 1. The lowest BCUT2D eigenvalue weighted by Gasteiger charge is -2.39. The number of likely N-dealkylation sites (tertiary alicyclic amines) is 1. The van der Waals surface area contributed by atoms with Gasteiger partial charge < -0.3 is 34.8 Å². The van der Waals surface area contributed by atoms with Gasteiger partial charge in [-0.1, -0.05) is 36.7 Å². The summed E-state index contributed by atoms with van der Waals surface area (Å²) in [6.45, 7) is 4.41. The zero-order valence-electron chi connectivity index (χ0n) is 26.6. The Morgan fingerprint density at radius 2 is 1.83 bits per heavy atom. The van der Waals surface area contributed by atoms with E-state index in [0.29, 0.717) is 43.2 Å². The van der Waals surface area contributed by atoms with E-state index in [1.54, 1.807) is 29.2 Å². The zero-order valence-corrected chi connectivity index (χ0v) is 27.3. The molecule has 3 N–H and O–H groups in total. The van der Waals surface area contributed by atoms with Crippen molar-refractivity contribution in [2.24, 2.45) is 5.92 Å². The van der Waals surface area contributed by atoms with Crippen LogP contribution in [-0.4, -0.2) is 84.2 Å². The van der Waals surface area contributed by atoms with Gasteiger partial charge in [-0.2, -0.15) is 0 Å². The molecule has 1 saturated heterocycles. The average molecular weight is 644 g/mol. The predicted octanol–water partition coefficient (Wildman–Crippen LogP) is 6.02. The first kappa shape index (κ1) is 31.8. The van der Waals surface area contributed by atoms with Gasteiger partial charge in [0.05, 0.1) is 0 Å². The Morgan fingerprint density at radius 1 is 1.09 bits per heavy atom. The van der Waals surface area contributed by atoms with Crippen molar-refractivity contribution in [1.82, 2.24) is 20.1 Å². The van der Waals surface area contributed by atoms with E-state index in [2.05, 4.69) is 15.2 Å². The number of ether oxygens (including phenoxy) is 1. The van der Waals surface area contributed by atoms with Gasteiger partial charge in [-0.15, -0.1) is 0 Å². The van der Waals surface area contributed by atoms with E-state index in [-0.39, 0.29) is 35.6 Å². The minimum absolute atomic E-state index is 0.0403. The summed E-state index contributed by atoms with van der Waals surface area (Å²) >= 11 is 6.41. The number of rotatable bonds is 8. The van der Waals surface area contributed by atoms with Crippen LogP contribution in [0.25, 0.3) is 10.9 Å². The fourth-order valence-corrected chi connectivity index (χ4v) is 7.09. The summed E-state index contributed by atoms with van der Waals surface area (Å²) in [5, 5.41) is 14.4. The summed E-state index contributed by atoms with van der Waals surface area (Å²) in [4.78, 5) is 37.7. The van der Waals surface area contributed by atoms with Crippen LogP contribution in [0, 0.1) is 5.92 Å². The zero-order chi connectivity index (χ0) is 32.4. The van der Waals surface area contributed by atoms with E-state index in [4.69, 9.17) is 16.3 Å². The van der Waals surface area contributed by atoms with Gasteiger partial charge in [0.25, 0.3) is 0 Å². The number of benzene rings is 3. The van der Waals surface area contributed by atoms with Crippen molar-refractivity contribution in [1.29, 1.82) is 0 Å². The highest BCUT2D eigenvalue weighted by Gasteiger charge is 2.38. The number of halogens is 1. The Hall–Kier alpha value is -4.21. The molecule has 3 atom stereocenters. The number of aromatic amines is 1. The van der Waals surface area contributed by atoms with E-state index in [9.17, 15) is 14.7 Å². The number of aromatic hydroxyl groups is 1. The first-order valence-electron chi connectivity index (χ1n) is 16.0. The molecular weight excluding hydrogens is 602 g/mol. The van der Waals surface area contributed by atoms with Crippen molar-refractivity contribution in [2.45, 2.75) is 44.2 Å². The van der Waals surface area contributed by atoms with Crippen molar-refractivity contribution in [3.8, 4) is 11.5 Å². The minimum atomic E-state index is -0.806. The quantitative estimate of drug-likeness (QED) is 0.218. The van der Waals surface area contributed by atoms with E-state index in [1.165, 1.54) is 0 Å². The van der Waals surface area contributed by atoms with Gasteiger partial charge >= 0.3 is 6.03 Å². The van der Waals surface area contributed by atoms with Crippen LogP contribution >= 0.6 is 11.6 Å². The third-order valence-electron chi connectivity index (χ3n) is 9.20. The summed E-state index contributed by atoms with van der Waals surface area (Å²) in [6.07, 6.45) is 4.07. The molecule has 0 radical (unpaired) electrons. The molecule has 0 bridgehead atoms. The van der Waals surface area contributed by atoms with Gasteiger partial charge in [-0.25, -0.2) is 4.79 Å². The Bertz CT molecular complexity index is 1680. The van der Waals surface area contributed by atoms with Gasteiger partial charge in [-0.05, 0) is 86.1 Å². The molecule has 1 aromatic heterocycles. The molecule has 3 amide bonds. The van der Waals surface area contributed by atoms with Crippen molar-refractivity contribution < 1.29 is 19.4 Å². The van der Waals surface area contributed by atoms with Gasteiger partial charge in [0.1, 0.15) is 23.6 Å². The smallest absolute Gasteiger partial charge is 0.318 e. The van der Waals surface area contributed by atoms with E-state index < -0.39 is 6.04 Å². The maximum absolute atomic E-state index is 14.7. The second kappa shape index (κ2) is 13.6. The summed E-state index contributed by atoms with van der Waals surface area (Å²) in [5.41, 5.74) is 3.86. The molecule has 2 aliphatic rings. The topological polar surface area (TPSA) is 101 Å². The maximum atomic E-state index is 14.7. The van der Waals surface area contributed by atoms with Crippen LogP contribution in [-0.2, 0) is 11.2 Å². The summed E-state index contributed by atoms with van der Waals surface area (Å²) < 4.78 is 6.10. The van der Waals surface area contributed by atoms with Crippen LogP contribution < -0.4 is 15.0 Å². The van der Waals surface area contributed by atoms with Crippen molar-refractivity contribution in [2.75, 3.05) is 45.2 Å². The summed E-state index contributed by atoms with van der Waals surface area (Å²) in [6, 6.07) is 19.4. The molecule has 0 aliphatic carbocycles. The van der Waals surface area contributed by atoms with Gasteiger partial charge in [0.15, 0.2) is 0 Å². The number of carbonyl (C=O) groups excluding carboxylic acids is 2. The monoisotopic (exact) mass is 643 g/mol. The van der Waals surface area contributed by atoms with Crippen LogP contribution in [0.1, 0.15) is 36.8 Å². The van der Waals surface area contributed by atoms with Gasteiger partial charge in [0, 0.05) is 72.7 Å². The van der Waals surface area contributed by atoms with Gasteiger partial charge in [-0.3, -0.25) is 4.79 Å². The number of nitrogens with one attached hydrogen (secondary N) is 2. The largest absolute Gasteiger partial charge is 0.508 e. The normalized spacial score (nSPS) is 18.3. The number of H-pyrrole nitrogens is 1. The number of hydrogen-bond donors (Lipinski definition) is 3. The average Bonchev–Trinajstić information content (AvgIpc) is 3.48. The molecule has 10 heteroatoms. The van der Waals surface area contributed by atoms with Crippen molar-refractivity contribution in [3.05, 3.63) is 89.1 Å². The molecule has 3 aromatic carbocycles. The van der Waals surface area contributed by atoms with Crippen LogP contribution in [0.15, 0.2) is 72.9 Å². The standard InChI is InChI=1S/C36H42ClN5O4/c1-23(31-20-38-32-7-5-4-6-30(31)32)34(35(44)42-22-24(21-40(2)3)18-25-19-26(37)8-13-33(25)42)39-36(45)41-16-14-29(15-17-41)46-28-11-9-27(43)10-12-28/h4-13,19-20,23-24,29,34,38,43H,14-18,21-22H2,1-3H3,(H,39,45)/t23?,24-,34?/m1/s1. The molecule has 2 unspecified atom stereocenters. The molecular formula is C36H42ClN5O4. The highest BCUT2D eigenvalue weighted by atomic mass is 35.5. The number of anilines is 1. The van der Waals surface area contributed by atoms with Crippen molar-refractivity contribution >= 4 is 40.1 Å². The molecule has 0 spiro atoms. The van der Waals surface area contributed by atoms with Crippen LogP contribution in [0.5, 0.6) is 11.5 Å².